The molecule has 0 bridgehead atoms. The lowest BCUT2D eigenvalue weighted by Crippen LogP contribution is -2.61. The van der Waals surface area contributed by atoms with E-state index in [0.29, 0.717) is 25.0 Å². The normalized spacial score (nSPS) is 48.2. The Morgan fingerprint density at radius 2 is 2.04 bits per heavy atom. The molecule has 0 saturated heterocycles. The fraction of sp³-hybridized carbons (Fsp3) is 0.870. The first-order valence-corrected chi connectivity index (χ1v) is 10.8. The molecule has 3 nitrogen and oxygen atoms in total. The zero-order chi connectivity index (χ0) is 19.2. The average molecular weight is 362 g/mol. The summed E-state index contributed by atoms with van der Waals surface area (Å²) in [4.78, 5) is 13.1. The smallest absolute Gasteiger partial charge is 0.309 e. The van der Waals surface area contributed by atoms with E-state index in [1.165, 1.54) is 25.7 Å². The van der Waals surface area contributed by atoms with Gasteiger partial charge in [0.05, 0.1) is 12.5 Å². The van der Waals surface area contributed by atoms with Crippen molar-refractivity contribution in [3.05, 3.63) is 12.7 Å². The van der Waals surface area contributed by atoms with Gasteiger partial charge in [-0.05, 0) is 79.6 Å². The number of hydrogen-bond donors (Lipinski definition) is 1. The van der Waals surface area contributed by atoms with Crippen molar-refractivity contribution in [1.29, 1.82) is 0 Å². The van der Waals surface area contributed by atoms with Crippen molar-refractivity contribution >= 4 is 5.97 Å². The second-order valence-electron chi connectivity index (χ2n) is 10.2. The Labute approximate surface area is 160 Å². The molecule has 0 heterocycles. The van der Waals surface area contributed by atoms with E-state index in [1.54, 1.807) is 0 Å². The molecule has 0 spiro atoms. The number of carbonyl (C=O) groups excluding carboxylic acids is 1. The van der Waals surface area contributed by atoms with Crippen LogP contribution in [0.15, 0.2) is 12.7 Å². The summed E-state index contributed by atoms with van der Waals surface area (Å²) in [5, 5.41) is 0. The minimum atomic E-state index is -0.0478. The van der Waals surface area contributed by atoms with E-state index in [9.17, 15) is 4.79 Å². The number of ether oxygens (including phenoxy) is 1. The molecule has 3 saturated carbocycles. The van der Waals surface area contributed by atoms with E-state index in [-0.39, 0.29) is 28.1 Å². The molecule has 3 heteroatoms. The molecule has 0 aromatic heterocycles. The van der Waals surface area contributed by atoms with Gasteiger partial charge in [-0.15, -0.1) is 6.58 Å². The lowest BCUT2D eigenvalue weighted by Gasteiger charge is -2.65. The van der Waals surface area contributed by atoms with Crippen LogP contribution in [0.25, 0.3) is 0 Å². The minimum Gasteiger partial charge on any atom is -0.466 e. The van der Waals surface area contributed by atoms with Crippen LogP contribution in [-0.4, -0.2) is 19.1 Å². The molecule has 26 heavy (non-hydrogen) atoms. The van der Waals surface area contributed by atoms with Gasteiger partial charge in [0.1, 0.15) is 0 Å². The van der Waals surface area contributed by atoms with Gasteiger partial charge in [0, 0.05) is 0 Å². The molecule has 148 valence electrons. The molecule has 3 rings (SSSR count). The van der Waals surface area contributed by atoms with E-state index in [0.717, 1.165) is 25.2 Å². The van der Waals surface area contributed by atoms with Gasteiger partial charge in [0.2, 0.25) is 0 Å². The third-order valence-electron chi connectivity index (χ3n) is 8.52. The van der Waals surface area contributed by atoms with Gasteiger partial charge >= 0.3 is 5.97 Å². The van der Waals surface area contributed by atoms with Crippen molar-refractivity contribution in [3.63, 3.8) is 0 Å². The van der Waals surface area contributed by atoms with Crippen LogP contribution in [0.3, 0.4) is 0 Å². The fourth-order valence-corrected chi connectivity index (χ4v) is 7.58. The first kappa shape index (κ1) is 19.9. The Kier molecular flexibility index (Phi) is 5.33. The molecule has 0 radical (unpaired) electrons. The Bertz CT molecular complexity index is 560. The number of rotatable bonds is 4. The van der Waals surface area contributed by atoms with E-state index >= 15 is 0 Å². The zero-order valence-electron chi connectivity index (χ0n) is 17.4. The van der Waals surface area contributed by atoms with Crippen molar-refractivity contribution in [3.8, 4) is 0 Å². The summed E-state index contributed by atoms with van der Waals surface area (Å²) in [7, 11) is 0. The number of fused-ring (bicyclic) bond motifs is 3. The highest BCUT2D eigenvalue weighted by Crippen LogP contribution is 2.69. The van der Waals surface area contributed by atoms with Crippen LogP contribution in [0.4, 0.5) is 0 Å². The molecular formula is C23H39NO2. The van der Waals surface area contributed by atoms with Gasteiger partial charge in [-0.2, -0.15) is 0 Å². The molecule has 0 aromatic carbocycles. The Morgan fingerprint density at radius 3 is 2.65 bits per heavy atom. The average Bonchev–Trinajstić information content (AvgIpc) is 2.60. The molecule has 3 aliphatic rings. The lowest BCUT2D eigenvalue weighted by atomic mass is 9.39. The minimum absolute atomic E-state index is 0.00296. The highest BCUT2D eigenvalue weighted by Gasteiger charge is 2.63. The summed E-state index contributed by atoms with van der Waals surface area (Å²) in [5.41, 5.74) is 6.43. The van der Waals surface area contributed by atoms with Crippen LogP contribution >= 0.6 is 0 Å². The van der Waals surface area contributed by atoms with Crippen molar-refractivity contribution < 1.29 is 9.53 Å². The number of carbonyl (C=O) groups is 1. The maximum atomic E-state index is 13.1. The van der Waals surface area contributed by atoms with Crippen LogP contribution in [0, 0.1) is 39.9 Å². The number of nitrogens with two attached hydrogens (primary N) is 1. The summed E-state index contributed by atoms with van der Waals surface area (Å²) in [5.74, 6) is 1.76. The molecule has 7 atom stereocenters. The predicted molar refractivity (Wildman–Crippen MR) is 106 cm³/mol. The van der Waals surface area contributed by atoms with Crippen molar-refractivity contribution in [1.82, 2.24) is 0 Å². The number of esters is 1. The standard InChI is InChI=1S/C23H39NO2/c1-6-23-12-10-18-16(3)9-8-11-22(18,5)19(23)17(20(25)26-7-2)13-21(4,14-23)15-24/h6,16-19H,1,7-15,24H2,2-5H3/t16-,17+,18?,19?,21-,22+,23+/m0/s1. The van der Waals surface area contributed by atoms with Gasteiger partial charge in [0.15, 0.2) is 0 Å². The summed E-state index contributed by atoms with van der Waals surface area (Å²) in [6, 6.07) is 0. The Morgan fingerprint density at radius 1 is 1.31 bits per heavy atom. The molecule has 2 N–H and O–H groups in total. The molecule has 2 unspecified atom stereocenters. The van der Waals surface area contributed by atoms with Gasteiger partial charge in [-0.3, -0.25) is 4.79 Å². The van der Waals surface area contributed by atoms with E-state index in [1.807, 2.05) is 6.92 Å². The van der Waals surface area contributed by atoms with Crippen molar-refractivity contribution in [2.24, 2.45) is 45.7 Å². The molecule has 0 aromatic rings. The Hall–Kier alpha value is -0.830. The predicted octanol–water partition coefficient (Wildman–Crippen LogP) is 4.95. The lowest BCUT2D eigenvalue weighted by molar-refractivity contribution is -0.184. The van der Waals surface area contributed by atoms with Crippen LogP contribution in [0.5, 0.6) is 0 Å². The largest absolute Gasteiger partial charge is 0.466 e. The van der Waals surface area contributed by atoms with Crippen LogP contribution in [0.2, 0.25) is 0 Å². The highest BCUT2D eigenvalue weighted by atomic mass is 16.5. The highest BCUT2D eigenvalue weighted by molar-refractivity contribution is 5.73. The van der Waals surface area contributed by atoms with E-state index in [2.05, 4.69) is 33.4 Å². The molecular weight excluding hydrogens is 322 g/mol. The van der Waals surface area contributed by atoms with Gasteiger partial charge < -0.3 is 10.5 Å². The fourth-order valence-electron chi connectivity index (χ4n) is 7.58. The first-order valence-electron chi connectivity index (χ1n) is 10.8. The van der Waals surface area contributed by atoms with Gasteiger partial charge in [-0.25, -0.2) is 0 Å². The SMILES string of the molecule is C=C[C@]12CCC3[C@@H](C)CCC[C@@]3(C)C1[C@H](C(=O)OCC)C[C@](C)(CN)C2. The molecule has 3 aliphatic carbocycles. The van der Waals surface area contributed by atoms with Gasteiger partial charge in [-0.1, -0.05) is 39.7 Å². The summed E-state index contributed by atoms with van der Waals surface area (Å²) < 4.78 is 5.60. The number of allylic oxidation sites excluding steroid dienone is 1. The third-order valence-corrected chi connectivity index (χ3v) is 8.52. The summed E-state index contributed by atoms with van der Waals surface area (Å²) in [6.45, 7) is 14.5. The van der Waals surface area contributed by atoms with E-state index in [4.69, 9.17) is 10.5 Å². The monoisotopic (exact) mass is 361 g/mol. The quantitative estimate of drug-likeness (QED) is 0.569. The van der Waals surface area contributed by atoms with Crippen molar-refractivity contribution in [2.75, 3.05) is 13.2 Å². The summed E-state index contributed by atoms with van der Waals surface area (Å²) >= 11 is 0. The second kappa shape index (κ2) is 6.96. The van der Waals surface area contributed by atoms with Crippen LogP contribution in [0.1, 0.15) is 72.6 Å². The summed E-state index contributed by atoms with van der Waals surface area (Å²) in [6.07, 6.45) is 10.4. The van der Waals surface area contributed by atoms with Gasteiger partial charge in [0.25, 0.3) is 0 Å². The van der Waals surface area contributed by atoms with Crippen LogP contribution < -0.4 is 5.73 Å². The van der Waals surface area contributed by atoms with Crippen LogP contribution in [-0.2, 0) is 9.53 Å². The maximum Gasteiger partial charge on any atom is 0.309 e. The van der Waals surface area contributed by atoms with Crippen molar-refractivity contribution in [2.45, 2.75) is 72.6 Å². The maximum absolute atomic E-state index is 13.1. The third kappa shape index (κ3) is 2.95. The second-order valence-corrected chi connectivity index (χ2v) is 10.2. The zero-order valence-corrected chi connectivity index (χ0v) is 17.4. The topological polar surface area (TPSA) is 52.3 Å². The number of hydrogen-bond acceptors (Lipinski definition) is 3. The Balaban J connectivity index is 2.09. The van der Waals surface area contributed by atoms with E-state index < -0.39 is 0 Å². The molecule has 0 amide bonds. The molecule has 3 fully saturated rings. The first-order chi connectivity index (χ1) is 12.2. The molecule has 0 aliphatic heterocycles.